The molecular formula is C11H15N3O. The molecule has 0 atom stereocenters. The van der Waals surface area contributed by atoms with E-state index in [1.165, 1.54) is 0 Å². The summed E-state index contributed by atoms with van der Waals surface area (Å²) in [4.78, 5) is 13.2. The molecule has 0 unspecified atom stereocenters. The molecule has 1 aromatic carbocycles. The molecule has 1 aliphatic heterocycles. The molecule has 0 radical (unpaired) electrons. The lowest BCUT2D eigenvalue weighted by molar-refractivity contribution is -0.128. The van der Waals surface area contributed by atoms with Crippen LogP contribution in [0.25, 0.3) is 0 Å². The number of hydrogen-bond acceptors (Lipinski definition) is 3. The fourth-order valence-electron chi connectivity index (χ4n) is 1.81. The van der Waals surface area contributed by atoms with E-state index in [-0.39, 0.29) is 5.91 Å². The summed E-state index contributed by atoms with van der Waals surface area (Å²) in [6, 6.07) is 3.86. The number of nitrogens with two attached hydrogens (primary N) is 1. The number of aryl methyl sites for hydroxylation is 1. The monoisotopic (exact) mass is 205 g/mol. The van der Waals surface area contributed by atoms with Crippen LogP contribution in [-0.2, 0) is 11.3 Å². The van der Waals surface area contributed by atoms with Gasteiger partial charge in [-0.1, -0.05) is 6.07 Å². The number of rotatable bonds is 0. The molecule has 4 heteroatoms. The highest BCUT2D eigenvalue weighted by molar-refractivity contribution is 5.85. The van der Waals surface area contributed by atoms with Gasteiger partial charge in [0.1, 0.15) is 0 Å². The summed E-state index contributed by atoms with van der Waals surface area (Å²) in [6.45, 7) is 2.97. The van der Waals surface area contributed by atoms with Gasteiger partial charge in [-0.05, 0) is 24.1 Å². The van der Waals surface area contributed by atoms with Crippen molar-refractivity contribution in [3.63, 3.8) is 0 Å². The lowest BCUT2D eigenvalue weighted by Crippen LogP contribution is -2.28. The highest BCUT2D eigenvalue weighted by Gasteiger charge is 2.19. The molecule has 4 nitrogen and oxygen atoms in total. The Hall–Kier alpha value is -1.71. The Kier molecular flexibility index (Phi) is 2.26. The Morgan fingerprint density at radius 2 is 2.20 bits per heavy atom. The first-order valence-electron chi connectivity index (χ1n) is 4.95. The van der Waals surface area contributed by atoms with Crippen molar-refractivity contribution < 1.29 is 4.79 Å². The molecule has 80 valence electrons. The molecule has 1 aliphatic rings. The average Bonchev–Trinajstić information content (AvgIpc) is 2.35. The zero-order valence-electron chi connectivity index (χ0n) is 9.00. The molecule has 0 aromatic heterocycles. The minimum atomic E-state index is 0.0880. The lowest BCUT2D eigenvalue weighted by Gasteiger charge is -2.15. The number of likely N-dealkylation sites (N-methyl/N-ethyl adjacent to an activating group) is 1. The smallest absolute Gasteiger partial charge is 0.241 e. The number of carbonyl (C=O) groups is 1. The van der Waals surface area contributed by atoms with Gasteiger partial charge in [-0.2, -0.15) is 0 Å². The minimum absolute atomic E-state index is 0.0880. The van der Waals surface area contributed by atoms with Crippen molar-refractivity contribution in [3.8, 4) is 0 Å². The molecule has 15 heavy (non-hydrogen) atoms. The van der Waals surface area contributed by atoms with E-state index in [4.69, 9.17) is 5.73 Å². The van der Waals surface area contributed by atoms with Crippen LogP contribution in [0.5, 0.6) is 0 Å². The number of nitrogen functional groups attached to an aromatic ring is 1. The standard InChI is InChI=1S/C11H15N3O/c1-7-3-4-9(12)11-8(7)6-14(2)10(15)5-13-11/h3-4,13H,5-6,12H2,1-2H3. The van der Waals surface area contributed by atoms with Crippen molar-refractivity contribution in [2.24, 2.45) is 0 Å². The number of anilines is 2. The van der Waals surface area contributed by atoms with E-state index in [0.717, 1.165) is 16.8 Å². The summed E-state index contributed by atoms with van der Waals surface area (Å²) in [5.74, 6) is 0.0880. The molecule has 2 rings (SSSR count). The van der Waals surface area contributed by atoms with Crippen molar-refractivity contribution in [1.82, 2.24) is 4.90 Å². The minimum Gasteiger partial charge on any atom is -0.397 e. The van der Waals surface area contributed by atoms with Crippen LogP contribution < -0.4 is 11.1 Å². The Morgan fingerprint density at radius 3 is 2.93 bits per heavy atom. The van der Waals surface area contributed by atoms with E-state index in [1.807, 2.05) is 26.1 Å². The first-order chi connectivity index (χ1) is 7.09. The molecule has 3 N–H and O–H groups in total. The number of nitrogens with zero attached hydrogens (tertiary/aromatic N) is 1. The summed E-state index contributed by atoms with van der Waals surface area (Å²) < 4.78 is 0. The van der Waals surface area contributed by atoms with E-state index in [9.17, 15) is 4.79 Å². The lowest BCUT2D eigenvalue weighted by atomic mass is 10.0. The molecule has 1 amide bonds. The summed E-state index contributed by atoms with van der Waals surface area (Å²) in [5.41, 5.74) is 9.77. The topological polar surface area (TPSA) is 58.4 Å². The maximum Gasteiger partial charge on any atom is 0.241 e. The van der Waals surface area contributed by atoms with Crippen LogP contribution in [0.3, 0.4) is 0 Å². The molecule has 0 saturated heterocycles. The average molecular weight is 205 g/mol. The highest BCUT2D eigenvalue weighted by Crippen LogP contribution is 2.29. The predicted octanol–water partition coefficient (Wildman–Crippen LogP) is 0.961. The Labute approximate surface area is 89.1 Å². The van der Waals surface area contributed by atoms with Gasteiger partial charge in [-0.15, -0.1) is 0 Å². The van der Waals surface area contributed by atoms with Crippen LogP contribution >= 0.6 is 0 Å². The van der Waals surface area contributed by atoms with E-state index in [0.29, 0.717) is 18.8 Å². The second-order valence-corrected chi connectivity index (χ2v) is 3.93. The molecule has 0 bridgehead atoms. The van der Waals surface area contributed by atoms with Gasteiger partial charge in [-0.25, -0.2) is 0 Å². The number of benzene rings is 1. The first-order valence-corrected chi connectivity index (χ1v) is 4.95. The number of amides is 1. The number of hydrogen-bond donors (Lipinski definition) is 2. The van der Waals surface area contributed by atoms with Crippen molar-refractivity contribution in [3.05, 3.63) is 23.3 Å². The van der Waals surface area contributed by atoms with Crippen LogP contribution in [0, 0.1) is 6.92 Å². The Bertz CT molecular complexity index is 415. The molecular weight excluding hydrogens is 190 g/mol. The molecule has 0 saturated carbocycles. The maximum atomic E-state index is 11.5. The molecule has 1 heterocycles. The summed E-state index contributed by atoms with van der Waals surface area (Å²) in [7, 11) is 1.81. The Balaban J connectivity index is 2.51. The van der Waals surface area contributed by atoms with E-state index < -0.39 is 0 Å². The fourth-order valence-corrected chi connectivity index (χ4v) is 1.81. The molecule has 0 aliphatic carbocycles. The van der Waals surface area contributed by atoms with Crippen molar-refractivity contribution in [2.45, 2.75) is 13.5 Å². The zero-order chi connectivity index (χ0) is 11.0. The normalized spacial score (nSPS) is 15.6. The van der Waals surface area contributed by atoms with Gasteiger partial charge in [0, 0.05) is 13.6 Å². The third kappa shape index (κ3) is 1.63. The van der Waals surface area contributed by atoms with E-state index >= 15 is 0 Å². The fraction of sp³-hybridized carbons (Fsp3) is 0.364. The largest absolute Gasteiger partial charge is 0.397 e. The SMILES string of the molecule is Cc1ccc(N)c2c1CN(C)C(=O)CN2. The second-order valence-electron chi connectivity index (χ2n) is 3.93. The second kappa shape index (κ2) is 3.46. The molecule has 1 aromatic rings. The predicted molar refractivity (Wildman–Crippen MR) is 60.6 cm³/mol. The molecule has 0 spiro atoms. The zero-order valence-corrected chi connectivity index (χ0v) is 9.00. The van der Waals surface area contributed by atoms with Gasteiger partial charge in [0.2, 0.25) is 5.91 Å². The van der Waals surface area contributed by atoms with E-state index in [2.05, 4.69) is 5.32 Å². The number of fused-ring (bicyclic) bond motifs is 1. The van der Waals surface area contributed by atoms with Crippen LogP contribution in [-0.4, -0.2) is 24.4 Å². The third-order valence-corrected chi connectivity index (χ3v) is 2.82. The summed E-state index contributed by atoms with van der Waals surface area (Å²) in [5, 5.41) is 3.10. The van der Waals surface area contributed by atoms with Gasteiger partial charge >= 0.3 is 0 Å². The van der Waals surface area contributed by atoms with Crippen LogP contribution in [0.1, 0.15) is 11.1 Å². The Morgan fingerprint density at radius 1 is 1.47 bits per heavy atom. The van der Waals surface area contributed by atoms with E-state index in [1.54, 1.807) is 4.90 Å². The van der Waals surface area contributed by atoms with Gasteiger partial charge in [0.25, 0.3) is 0 Å². The number of nitrogens with one attached hydrogen (secondary N) is 1. The summed E-state index contributed by atoms with van der Waals surface area (Å²) in [6.07, 6.45) is 0. The summed E-state index contributed by atoms with van der Waals surface area (Å²) >= 11 is 0. The first kappa shape index (κ1) is 9.83. The third-order valence-electron chi connectivity index (χ3n) is 2.82. The van der Waals surface area contributed by atoms with Gasteiger partial charge < -0.3 is 16.0 Å². The highest BCUT2D eigenvalue weighted by atomic mass is 16.2. The van der Waals surface area contributed by atoms with Crippen LogP contribution in [0.4, 0.5) is 11.4 Å². The van der Waals surface area contributed by atoms with Crippen molar-refractivity contribution >= 4 is 17.3 Å². The molecule has 0 fully saturated rings. The number of carbonyl (C=O) groups excluding carboxylic acids is 1. The van der Waals surface area contributed by atoms with Crippen LogP contribution in [0.2, 0.25) is 0 Å². The van der Waals surface area contributed by atoms with Crippen molar-refractivity contribution in [2.75, 3.05) is 24.6 Å². The van der Waals surface area contributed by atoms with Crippen LogP contribution in [0.15, 0.2) is 12.1 Å². The maximum absolute atomic E-state index is 11.5. The van der Waals surface area contributed by atoms with Gasteiger partial charge in [0.15, 0.2) is 0 Å². The van der Waals surface area contributed by atoms with Crippen molar-refractivity contribution in [1.29, 1.82) is 0 Å². The van der Waals surface area contributed by atoms with Gasteiger partial charge in [0.05, 0.1) is 17.9 Å². The quantitative estimate of drug-likeness (QED) is 0.620. The van der Waals surface area contributed by atoms with Gasteiger partial charge in [-0.3, -0.25) is 4.79 Å².